The average molecular weight is 237 g/mol. The highest BCUT2D eigenvalue weighted by Gasteiger charge is 2.21. The van der Waals surface area contributed by atoms with Gasteiger partial charge >= 0.3 is 0 Å². The van der Waals surface area contributed by atoms with Crippen LogP contribution in [0.1, 0.15) is 64.9 Å². The van der Waals surface area contributed by atoms with Crippen molar-refractivity contribution in [3.05, 3.63) is 11.5 Å². The van der Waals surface area contributed by atoms with Crippen molar-refractivity contribution in [1.29, 1.82) is 0 Å². The van der Waals surface area contributed by atoms with Gasteiger partial charge in [0.05, 0.1) is 5.69 Å². The molecule has 0 fully saturated rings. The monoisotopic (exact) mass is 237 g/mol. The van der Waals surface area contributed by atoms with Crippen molar-refractivity contribution in [2.24, 2.45) is 0 Å². The van der Waals surface area contributed by atoms with Gasteiger partial charge in [-0.2, -0.15) is 0 Å². The maximum absolute atomic E-state index is 6.21. The smallest absolute Gasteiger partial charge is 0.127 e. The minimum atomic E-state index is 0.0167. The zero-order valence-corrected chi connectivity index (χ0v) is 12.0. The first kappa shape index (κ1) is 14.1. The zero-order valence-electron chi connectivity index (χ0n) is 12.0. The molecule has 0 amide bonds. The van der Waals surface area contributed by atoms with Crippen molar-refractivity contribution in [2.45, 2.75) is 72.3 Å². The minimum Gasteiger partial charge on any atom is -0.384 e. The molecule has 0 saturated heterocycles. The summed E-state index contributed by atoms with van der Waals surface area (Å²) in [5.41, 5.74) is 7.30. The quantitative estimate of drug-likeness (QED) is 0.794. The van der Waals surface area contributed by atoms with Gasteiger partial charge in [-0.3, -0.25) is 0 Å². The molecular formula is C14H27N3. The molecule has 0 atom stereocenters. The van der Waals surface area contributed by atoms with Crippen LogP contribution in [0, 0.1) is 6.92 Å². The number of hydrogen-bond donors (Lipinski definition) is 1. The van der Waals surface area contributed by atoms with Gasteiger partial charge in [-0.15, -0.1) is 0 Å². The fourth-order valence-corrected chi connectivity index (χ4v) is 2.36. The Morgan fingerprint density at radius 3 is 2.29 bits per heavy atom. The van der Waals surface area contributed by atoms with Gasteiger partial charge in [0.1, 0.15) is 11.6 Å². The fraction of sp³-hybridized carbons (Fsp3) is 0.786. The maximum atomic E-state index is 6.21. The molecule has 1 heterocycles. The summed E-state index contributed by atoms with van der Waals surface area (Å²) in [7, 11) is 0. The third kappa shape index (κ3) is 3.48. The Kier molecular flexibility index (Phi) is 4.61. The summed E-state index contributed by atoms with van der Waals surface area (Å²) in [6.07, 6.45) is 6.05. The summed E-state index contributed by atoms with van der Waals surface area (Å²) in [5, 5.41) is 0. The largest absolute Gasteiger partial charge is 0.384 e. The molecule has 0 aliphatic heterocycles. The van der Waals surface area contributed by atoms with Gasteiger partial charge in [-0.25, -0.2) is 4.98 Å². The van der Waals surface area contributed by atoms with Crippen molar-refractivity contribution in [3.63, 3.8) is 0 Å². The van der Waals surface area contributed by atoms with Gasteiger partial charge in [0.2, 0.25) is 0 Å². The van der Waals surface area contributed by atoms with Crippen molar-refractivity contribution in [1.82, 2.24) is 9.55 Å². The Morgan fingerprint density at radius 2 is 1.82 bits per heavy atom. The third-order valence-corrected chi connectivity index (χ3v) is 3.09. The second kappa shape index (κ2) is 5.56. The normalized spacial score (nSPS) is 12.1. The summed E-state index contributed by atoms with van der Waals surface area (Å²) in [5.74, 6) is 1.88. The molecule has 3 heteroatoms. The maximum Gasteiger partial charge on any atom is 0.127 e. The van der Waals surface area contributed by atoms with Crippen molar-refractivity contribution in [3.8, 4) is 0 Å². The van der Waals surface area contributed by atoms with Crippen LogP contribution in [0.3, 0.4) is 0 Å². The van der Waals surface area contributed by atoms with Crippen LogP contribution in [0.15, 0.2) is 0 Å². The summed E-state index contributed by atoms with van der Waals surface area (Å²) in [6.45, 7) is 10.8. The molecule has 0 aliphatic rings. The number of unbranched alkanes of at least 4 members (excludes halogenated alkanes) is 3. The molecule has 3 nitrogen and oxygen atoms in total. The first-order chi connectivity index (χ1) is 7.88. The van der Waals surface area contributed by atoms with Crippen LogP contribution in [0.25, 0.3) is 0 Å². The number of hydrogen-bond acceptors (Lipinski definition) is 2. The van der Waals surface area contributed by atoms with Crippen LogP contribution in [0.2, 0.25) is 0 Å². The lowest BCUT2D eigenvalue weighted by atomic mass is 10.1. The van der Waals surface area contributed by atoms with Gasteiger partial charge in [0, 0.05) is 5.54 Å². The average Bonchev–Trinajstić information content (AvgIpc) is 2.48. The standard InChI is InChI=1S/C14H27N3/c1-6-7-8-9-10-12-13(15)17(11(2)16-12)14(3,4)5/h6-10,15H2,1-5H3. The molecule has 0 aromatic carbocycles. The Hall–Kier alpha value is -0.990. The number of anilines is 1. The van der Waals surface area contributed by atoms with E-state index in [1.165, 1.54) is 25.7 Å². The third-order valence-electron chi connectivity index (χ3n) is 3.09. The molecule has 98 valence electrons. The lowest BCUT2D eigenvalue weighted by molar-refractivity contribution is 0.393. The first-order valence-corrected chi connectivity index (χ1v) is 6.72. The highest BCUT2D eigenvalue weighted by atomic mass is 15.2. The topological polar surface area (TPSA) is 43.8 Å². The van der Waals surface area contributed by atoms with E-state index in [1.54, 1.807) is 0 Å². The molecular weight excluding hydrogens is 210 g/mol. The van der Waals surface area contributed by atoms with E-state index in [0.717, 1.165) is 23.8 Å². The van der Waals surface area contributed by atoms with Crippen LogP contribution in [-0.4, -0.2) is 9.55 Å². The van der Waals surface area contributed by atoms with E-state index in [1.807, 2.05) is 6.92 Å². The van der Waals surface area contributed by atoms with Crippen LogP contribution in [-0.2, 0) is 12.0 Å². The van der Waals surface area contributed by atoms with Gasteiger partial charge in [-0.05, 0) is 40.5 Å². The number of nitrogens with zero attached hydrogens (tertiary/aromatic N) is 2. The Bertz CT molecular complexity index is 358. The number of aryl methyl sites for hydroxylation is 2. The molecule has 17 heavy (non-hydrogen) atoms. The number of rotatable bonds is 5. The van der Waals surface area contributed by atoms with Gasteiger partial charge in [0.15, 0.2) is 0 Å². The Balaban J connectivity index is 2.75. The van der Waals surface area contributed by atoms with Crippen molar-refractivity contribution in [2.75, 3.05) is 5.73 Å². The van der Waals surface area contributed by atoms with Crippen LogP contribution in [0.4, 0.5) is 5.82 Å². The SMILES string of the molecule is CCCCCCc1nc(C)n(C(C)(C)C)c1N. The minimum absolute atomic E-state index is 0.0167. The number of aromatic nitrogens is 2. The van der Waals surface area contributed by atoms with E-state index < -0.39 is 0 Å². The van der Waals surface area contributed by atoms with E-state index in [2.05, 4.69) is 37.2 Å². The summed E-state index contributed by atoms with van der Waals surface area (Å²) < 4.78 is 2.14. The first-order valence-electron chi connectivity index (χ1n) is 6.72. The van der Waals surface area contributed by atoms with Crippen molar-refractivity contribution >= 4 is 5.82 Å². The van der Waals surface area contributed by atoms with Crippen LogP contribution in [0.5, 0.6) is 0 Å². The molecule has 1 aromatic rings. The summed E-state index contributed by atoms with van der Waals surface area (Å²) >= 11 is 0. The molecule has 0 bridgehead atoms. The zero-order chi connectivity index (χ0) is 13.1. The molecule has 0 aliphatic carbocycles. The Morgan fingerprint density at radius 1 is 1.18 bits per heavy atom. The number of nitrogen functional groups attached to an aromatic ring is 1. The second-order valence-corrected chi connectivity index (χ2v) is 5.81. The predicted molar refractivity (Wildman–Crippen MR) is 74.2 cm³/mol. The Labute approximate surface area is 105 Å². The van der Waals surface area contributed by atoms with Crippen LogP contribution >= 0.6 is 0 Å². The molecule has 0 unspecified atom stereocenters. The molecule has 0 radical (unpaired) electrons. The highest BCUT2D eigenvalue weighted by molar-refractivity contribution is 5.39. The van der Waals surface area contributed by atoms with Gasteiger partial charge in [-0.1, -0.05) is 26.2 Å². The molecule has 1 rings (SSSR count). The number of imidazole rings is 1. The highest BCUT2D eigenvalue weighted by Crippen LogP contribution is 2.25. The lowest BCUT2D eigenvalue weighted by Gasteiger charge is -2.24. The lowest BCUT2D eigenvalue weighted by Crippen LogP contribution is -2.24. The molecule has 0 spiro atoms. The molecule has 2 N–H and O–H groups in total. The second-order valence-electron chi connectivity index (χ2n) is 5.81. The summed E-state index contributed by atoms with van der Waals surface area (Å²) in [6, 6.07) is 0. The predicted octanol–water partition coefficient (Wildman–Crippen LogP) is 3.65. The fourth-order valence-electron chi connectivity index (χ4n) is 2.36. The van der Waals surface area contributed by atoms with Gasteiger partial charge < -0.3 is 10.3 Å². The van der Waals surface area contributed by atoms with E-state index >= 15 is 0 Å². The van der Waals surface area contributed by atoms with Crippen molar-refractivity contribution < 1.29 is 0 Å². The number of nitrogens with two attached hydrogens (primary N) is 1. The molecule has 0 saturated carbocycles. The van der Waals surface area contributed by atoms with Gasteiger partial charge in [0.25, 0.3) is 0 Å². The van der Waals surface area contributed by atoms with Crippen LogP contribution < -0.4 is 5.73 Å². The molecule has 1 aromatic heterocycles. The summed E-state index contributed by atoms with van der Waals surface area (Å²) in [4.78, 5) is 4.61. The van der Waals surface area contributed by atoms with E-state index in [-0.39, 0.29) is 5.54 Å². The van der Waals surface area contributed by atoms with E-state index in [4.69, 9.17) is 5.73 Å². The van der Waals surface area contributed by atoms with E-state index in [9.17, 15) is 0 Å². The van der Waals surface area contributed by atoms with E-state index in [0.29, 0.717) is 0 Å².